The highest BCUT2D eigenvalue weighted by molar-refractivity contribution is 7.33. The molecular weight excluding hydrogens is 179 g/mol. The van der Waals surface area contributed by atoms with Crippen LogP contribution in [0.3, 0.4) is 0 Å². The van der Waals surface area contributed by atoms with Gasteiger partial charge in [-0.15, -0.1) is 9.05 Å². The average molecular weight is 195 g/mol. The van der Waals surface area contributed by atoms with E-state index in [1.807, 2.05) is 0 Å². The first kappa shape index (κ1) is 14.2. The summed E-state index contributed by atoms with van der Waals surface area (Å²) in [4.78, 5) is 9.44. The molecule has 0 radical (unpaired) electrons. The van der Waals surface area contributed by atoms with Gasteiger partial charge in [-0.25, -0.2) is 0 Å². The molecule has 0 aliphatic carbocycles. The largest absolute Gasteiger partial charge is 0.697 e. The number of ketones is 1. The van der Waals surface area contributed by atoms with E-state index in [1.165, 1.54) is 13.8 Å². The summed E-state index contributed by atoms with van der Waals surface area (Å²) in [6.07, 6.45) is 0. The van der Waals surface area contributed by atoms with E-state index < -0.39 is 8.25 Å². The molecule has 72 valence electrons. The molecular formula is C7H16O4P+. The molecule has 0 aromatic rings. The van der Waals surface area contributed by atoms with Gasteiger partial charge in [-0.2, -0.15) is 0 Å². The normalized spacial score (nSPS) is 8.33. The van der Waals surface area contributed by atoms with Crippen LogP contribution in [0, 0.1) is 0 Å². The molecule has 12 heavy (non-hydrogen) atoms. The Morgan fingerprint density at radius 3 is 1.58 bits per heavy atom. The Balaban J connectivity index is 0. The lowest BCUT2D eigenvalue weighted by Gasteiger charge is -1.78. The van der Waals surface area contributed by atoms with Crippen LogP contribution in [0.15, 0.2) is 0 Å². The standard InChI is InChI=1S/C4H10O3P.C3H6O/c1-3-6-8(5)7-4-2;1-3(2)4/h3-4H2,1-2H3;1-2H3/q+1;. The maximum atomic E-state index is 10.3. The Labute approximate surface area is 74.2 Å². The van der Waals surface area contributed by atoms with E-state index in [-0.39, 0.29) is 5.78 Å². The first-order valence-corrected chi connectivity index (χ1v) is 4.84. The lowest BCUT2D eigenvalue weighted by atomic mass is 10.6. The van der Waals surface area contributed by atoms with Crippen LogP contribution in [-0.2, 0) is 18.4 Å². The SMILES string of the molecule is CC(C)=O.CCO[P+](=O)OCC. The van der Waals surface area contributed by atoms with E-state index in [2.05, 4.69) is 9.05 Å². The van der Waals surface area contributed by atoms with Crippen LogP contribution in [-0.4, -0.2) is 19.0 Å². The maximum Gasteiger partial charge on any atom is 0.697 e. The third-order valence-corrected chi connectivity index (χ3v) is 1.41. The Kier molecular flexibility index (Phi) is 12.7. The molecule has 0 rings (SSSR count). The van der Waals surface area contributed by atoms with Gasteiger partial charge < -0.3 is 4.79 Å². The highest BCUT2D eigenvalue weighted by Crippen LogP contribution is 2.21. The summed E-state index contributed by atoms with van der Waals surface area (Å²) >= 11 is 0. The van der Waals surface area contributed by atoms with Gasteiger partial charge in [0.25, 0.3) is 0 Å². The minimum absolute atomic E-state index is 0.167. The minimum Gasteiger partial charge on any atom is -0.300 e. The molecule has 0 bridgehead atoms. The topological polar surface area (TPSA) is 52.6 Å². The van der Waals surface area contributed by atoms with Crippen molar-refractivity contribution in [3.8, 4) is 0 Å². The molecule has 0 aliphatic rings. The first-order chi connectivity index (χ1) is 5.54. The van der Waals surface area contributed by atoms with Crippen LogP contribution in [0.1, 0.15) is 27.7 Å². The molecule has 0 amide bonds. The summed E-state index contributed by atoms with van der Waals surface area (Å²) in [6, 6.07) is 0. The van der Waals surface area contributed by atoms with Crippen LogP contribution >= 0.6 is 8.25 Å². The molecule has 0 saturated carbocycles. The second kappa shape index (κ2) is 10.7. The van der Waals surface area contributed by atoms with Crippen molar-refractivity contribution in [2.45, 2.75) is 27.7 Å². The molecule has 4 nitrogen and oxygen atoms in total. The molecule has 0 N–H and O–H groups in total. The second-order valence-electron chi connectivity index (χ2n) is 1.97. The second-order valence-corrected chi connectivity index (χ2v) is 2.93. The summed E-state index contributed by atoms with van der Waals surface area (Å²) in [5.74, 6) is 0.167. The maximum absolute atomic E-state index is 10.3. The number of carbonyl (C=O) groups is 1. The van der Waals surface area contributed by atoms with Crippen molar-refractivity contribution in [2.75, 3.05) is 13.2 Å². The zero-order valence-corrected chi connectivity index (χ0v) is 8.89. The van der Waals surface area contributed by atoms with Crippen molar-refractivity contribution in [3.63, 3.8) is 0 Å². The lowest BCUT2D eigenvalue weighted by molar-refractivity contribution is -0.114. The van der Waals surface area contributed by atoms with Gasteiger partial charge >= 0.3 is 8.25 Å². The van der Waals surface area contributed by atoms with Crippen molar-refractivity contribution in [2.24, 2.45) is 0 Å². The van der Waals surface area contributed by atoms with Crippen LogP contribution in [0.25, 0.3) is 0 Å². The summed E-state index contributed by atoms with van der Waals surface area (Å²) in [5.41, 5.74) is 0. The Hall–Kier alpha value is -0.310. The third-order valence-electron chi connectivity index (χ3n) is 0.469. The fourth-order valence-corrected chi connectivity index (χ4v) is 0.744. The molecule has 0 fully saturated rings. The fraction of sp³-hybridized carbons (Fsp3) is 0.857. The molecule has 0 aromatic heterocycles. The fourth-order valence-electron chi connectivity index (χ4n) is 0.248. The van der Waals surface area contributed by atoms with Crippen molar-refractivity contribution < 1.29 is 18.4 Å². The molecule has 0 aliphatic heterocycles. The predicted octanol–water partition coefficient (Wildman–Crippen LogP) is 2.31. The zero-order valence-electron chi connectivity index (χ0n) is 7.99. The quantitative estimate of drug-likeness (QED) is 0.646. The van der Waals surface area contributed by atoms with Crippen molar-refractivity contribution in [1.29, 1.82) is 0 Å². The van der Waals surface area contributed by atoms with Crippen molar-refractivity contribution in [3.05, 3.63) is 0 Å². The highest BCUT2D eigenvalue weighted by Gasteiger charge is 2.15. The van der Waals surface area contributed by atoms with Crippen LogP contribution in [0.4, 0.5) is 0 Å². The third kappa shape index (κ3) is 22.6. The Morgan fingerprint density at radius 1 is 1.17 bits per heavy atom. The monoisotopic (exact) mass is 195 g/mol. The van der Waals surface area contributed by atoms with E-state index in [9.17, 15) is 9.36 Å². The van der Waals surface area contributed by atoms with Gasteiger partial charge in [-0.05, 0) is 27.7 Å². The lowest BCUT2D eigenvalue weighted by Crippen LogP contribution is -1.81. The molecule has 0 heterocycles. The predicted molar refractivity (Wildman–Crippen MR) is 47.2 cm³/mol. The van der Waals surface area contributed by atoms with E-state index in [4.69, 9.17) is 0 Å². The Bertz CT molecular complexity index is 123. The van der Waals surface area contributed by atoms with Crippen molar-refractivity contribution >= 4 is 14.0 Å². The summed E-state index contributed by atoms with van der Waals surface area (Å²) < 4.78 is 19.5. The highest BCUT2D eigenvalue weighted by atomic mass is 31.1. The summed E-state index contributed by atoms with van der Waals surface area (Å²) in [5, 5.41) is 0. The smallest absolute Gasteiger partial charge is 0.300 e. The van der Waals surface area contributed by atoms with Crippen LogP contribution in [0.5, 0.6) is 0 Å². The minimum atomic E-state index is -1.83. The van der Waals surface area contributed by atoms with Gasteiger partial charge in [0.2, 0.25) is 0 Å². The molecule has 0 unspecified atom stereocenters. The van der Waals surface area contributed by atoms with Gasteiger partial charge in [-0.1, -0.05) is 0 Å². The van der Waals surface area contributed by atoms with E-state index >= 15 is 0 Å². The van der Waals surface area contributed by atoms with Crippen LogP contribution in [0.2, 0.25) is 0 Å². The zero-order chi connectivity index (χ0) is 9.98. The average Bonchev–Trinajstić information content (AvgIpc) is 1.87. The van der Waals surface area contributed by atoms with E-state index in [0.717, 1.165) is 0 Å². The number of rotatable bonds is 4. The van der Waals surface area contributed by atoms with E-state index in [0.29, 0.717) is 13.2 Å². The number of hydrogen-bond donors (Lipinski definition) is 0. The van der Waals surface area contributed by atoms with Gasteiger partial charge in [0.15, 0.2) is 0 Å². The summed E-state index contributed by atoms with van der Waals surface area (Å²) in [7, 11) is -1.83. The summed E-state index contributed by atoms with van der Waals surface area (Å²) in [6.45, 7) is 7.48. The number of Topliss-reactive ketones (excluding diaryl/α,β-unsaturated/α-hetero) is 1. The molecule has 0 aromatic carbocycles. The van der Waals surface area contributed by atoms with Gasteiger partial charge in [0, 0.05) is 4.57 Å². The van der Waals surface area contributed by atoms with Gasteiger partial charge in [-0.3, -0.25) is 0 Å². The molecule has 0 saturated heterocycles. The first-order valence-electron chi connectivity index (χ1n) is 3.74. The van der Waals surface area contributed by atoms with E-state index in [1.54, 1.807) is 13.8 Å². The Morgan fingerprint density at radius 2 is 1.42 bits per heavy atom. The molecule has 0 spiro atoms. The van der Waals surface area contributed by atoms with Crippen molar-refractivity contribution in [1.82, 2.24) is 0 Å². The molecule has 0 atom stereocenters. The number of carbonyl (C=O) groups excluding carboxylic acids is 1. The molecule has 5 heteroatoms. The van der Waals surface area contributed by atoms with Gasteiger partial charge in [0.1, 0.15) is 19.0 Å². The van der Waals surface area contributed by atoms with Crippen LogP contribution < -0.4 is 0 Å². The number of hydrogen-bond acceptors (Lipinski definition) is 4. The van der Waals surface area contributed by atoms with Gasteiger partial charge in [0.05, 0.1) is 0 Å².